The minimum atomic E-state index is -0.238. The van der Waals surface area contributed by atoms with Crippen molar-refractivity contribution in [1.29, 1.82) is 0 Å². The summed E-state index contributed by atoms with van der Waals surface area (Å²) in [4.78, 5) is 14.2. The molecule has 110 valence electrons. The quantitative estimate of drug-likeness (QED) is 0.823. The van der Waals surface area contributed by atoms with Gasteiger partial charge in [-0.05, 0) is 12.5 Å². The van der Waals surface area contributed by atoms with Crippen molar-refractivity contribution in [3.8, 4) is 0 Å². The van der Waals surface area contributed by atoms with E-state index in [0.717, 1.165) is 12.1 Å². The van der Waals surface area contributed by atoms with Gasteiger partial charge in [0.05, 0.1) is 13.2 Å². The van der Waals surface area contributed by atoms with Crippen LogP contribution in [-0.2, 0) is 9.53 Å². The predicted octanol–water partition coefficient (Wildman–Crippen LogP) is 0.523. The normalized spacial score (nSPS) is 21.4. The van der Waals surface area contributed by atoms with Crippen molar-refractivity contribution >= 4 is 5.91 Å². The molecule has 20 heavy (non-hydrogen) atoms. The van der Waals surface area contributed by atoms with E-state index in [1.807, 2.05) is 37.3 Å². The zero-order valence-electron chi connectivity index (χ0n) is 11.9. The van der Waals surface area contributed by atoms with E-state index in [1.165, 1.54) is 0 Å². The van der Waals surface area contributed by atoms with E-state index in [-0.39, 0.29) is 18.0 Å². The van der Waals surface area contributed by atoms with Crippen LogP contribution < -0.4 is 11.1 Å². The number of likely N-dealkylation sites (N-methyl/N-ethyl adjacent to an activating group) is 1. The number of ether oxygens (including phenoxy) is 1. The third-order valence-corrected chi connectivity index (χ3v) is 3.55. The number of carbonyl (C=O) groups is 1. The van der Waals surface area contributed by atoms with Crippen LogP contribution in [0.25, 0.3) is 0 Å². The number of nitrogens with one attached hydrogen (secondary N) is 1. The van der Waals surface area contributed by atoms with E-state index in [4.69, 9.17) is 10.5 Å². The fraction of sp³-hybridized carbons (Fsp3) is 0.533. The molecule has 0 spiro atoms. The second-order valence-electron chi connectivity index (χ2n) is 5.00. The Labute approximate surface area is 120 Å². The number of hydrogen-bond acceptors (Lipinski definition) is 4. The zero-order valence-corrected chi connectivity index (χ0v) is 11.9. The van der Waals surface area contributed by atoms with Crippen LogP contribution in [0, 0.1) is 0 Å². The summed E-state index contributed by atoms with van der Waals surface area (Å²) in [7, 11) is 0. The summed E-state index contributed by atoms with van der Waals surface area (Å²) in [5.41, 5.74) is 7.34. The molecule has 1 aliphatic rings. The smallest absolute Gasteiger partial charge is 0.239 e. The maximum atomic E-state index is 12.1. The van der Waals surface area contributed by atoms with E-state index in [2.05, 4.69) is 10.2 Å². The Morgan fingerprint density at radius 1 is 1.50 bits per heavy atom. The zero-order chi connectivity index (χ0) is 14.4. The highest BCUT2D eigenvalue weighted by Crippen LogP contribution is 2.15. The standard InChI is InChI=1S/C15H23N3O2/c1-2-17-15(19)14-11-20-9-8-18(14)10-13(16)12-6-4-3-5-7-12/h3-7,13-14H,2,8-11,16H2,1H3,(H,17,19). The third kappa shape index (κ3) is 3.79. The molecule has 5 heteroatoms. The fourth-order valence-corrected chi connectivity index (χ4v) is 2.45. The topological polar surface area (TPSA) is 67.6 Å². The molecular formula is C15H23N3O2. The Hall–Kier alpha value is -1.43. The molecule has 1 saturated heterocycles. The van der Waals surface area contributed by atoms with Gasteiger partial charge in [0.2, 0.25) is 5.91 Å². The molecule has 0 saturated carbocycles. The molecule has 1 fully saturated rings. The molecule has 1 aromatic rings. The van der Waals surface area contributed by atoms with E-state index in [9.17, 15) is 4.79 Å². The molecule has 2 atom stereocenters. The Bertz CT molecular complexity index is 424. The molecule has 0 aliphatic carbocycles. The number of carbonyl (C=O) groups excluding carboxylic acids is 1. The minimum Gasteiger partial charge on any atom is -0.378 e. The first-order valence-electron chi connectivity index (χ1n) is 7.12. The molecule has 1 amide bonds. The van der Waals surface area contributed by atoms with Crippen LogP contribution in [0.3, 0.4) is 0 Å². The van der Waals surface area contributed by atoms with Gasteiger partial charge in [-0.25, -0.2) is 0 Å². The number of nitrogens with two attached hydrogens (primary N) is 1. The Balaban J connectivity index is 2.00. The molecular weight excluding hydrogens is 254 g/mol. The van der Waals surface area contributed by atoms with Crippen molar-refractivity contribution < 1.29 is 9.53 Å². The lowest BCUT2D eigenvalue weighted by Gasteiger charge is -2.36. The summed E-state index contributed by atoms with van der Waals surface area (Å²) in [6.45, 7) is 5.04. The van der Waals surface area contributed by atoms with E-state index < -0.39 is 0 Å². The summed E-state index contributed by atoms with van der Waals surface area (Å²) in [6, 6.07) is 9.65. The van der Waals surface area contributed by atoms with Gasteiger partial charge in [0.1, 0.15) is 6.04 Å². The monoisotopic (exact) mass is 277 g/mol. The van der Waals surface area contributed by atoms with Gasteiger partial charge in [0.15, 0.2) is 0 Å². The highest BCUT2D eigenvalue weighted by atomic mass is 16.5. The summed E-state index contributed by atoms with van der Waals surface area (Å²) < 4.78 is 5.42. The van der Waals surface area contributed by atoms with Crippen LogP contribution in [-0.4, -0.2) is 49.7 Å². The minimum absolute atomic E-state index is 0.0208. The second-order valence-corrected chi connectivity index (χ2v) is 5.00. The number of morpholine rings is 1. The molecule has 1 heterocycles. The average molecular weight is 277 g/mol. The number of benzene rings is 1. The molecule has 0 aromatic heterocycles. The predicted molar refractivity (Wildman–Crippen MR) is 78.2 cm³/mol. The first-order chi connectivity index (χ1) is 9.72. The second kappa shape index (κ2) is 7.38. The molecule has 1 aromatic carbocycles. The van der Waals surface area contributed by atoms with Crippen molar-refractivity contribution in [3.63, 3.8) is 0 Å². The van der Waals surface area contributed by atoms with Crippen LogP contribution in [0.4, 0.5) is 0 Å². The maximum absolute atomic E-state index is 12.1. The van der Waals surface area contributed by atoms with Crippen molar-refractivity contribution in [2.24, 2.45) is 5.73 Å². The highest BCUT2D eigenvalue weighted by molar-refractivity contribution is 5.81. The van der Waals surface area contributed by atoms with E-state index in [1.54, 1.807) is 0 Å². The lowest BCUT2D eigenvalue weighted by molar-refractivity contribution is -0.132. The van der Waals surface area contributed by atoms with Gasteiger partial charge in [-0.2, -0.15) is 0 Å². The lowest BCUT2D eigenvalue weighted by Crippen LogP contribution is -2.55. The van der Waals surface area contributed by atoms with Crippen LogP contribution in [0.5, 0.6) is 0 Å². The summed E-state index contributed by atoms with van der Waals surface area (Å²) >= 11 is 0. The molecule has 2 rings (SSSR count). The summed E-state index contributed by atoms with van der Waals surface area (Å²) in [6.07, 6.45) is 0. The molecule has 3 N–H and O–H groups in total. The van der Waals surface area contributed by atoms with Gasteiger partial charge >= 0.3 is 0 Å². The van der Waals surface area contributed by atoms with Crippen LogP contribution >= 0.6 is 0 Å². The third-order valence-electron chi connectivity index (χ3n) is 3.55. The van der Waals surface area contributed by atoms with Gasteiger partial charge in [-0.3, -0.25) is 9.69 Å². The summed E-state index contributed by atoms with van der Waals surface area (Å²) in [5, 5.41) is 2.86. The first-order valence-corrected chi connectivity index (χ1v) is 7.12. The number of amides is 1. The van der Waals surface area contributed by atoms with Gasteiger partial charge in [0, 0.05) is 25.7 Å². The number of hydrogen-bond donors (Lipinski definition) is 2. The molecule has 2 unspecified atom stereocenters. The SMILES string of the molecule is CCNC(=O)C1COCCN1CC(N)c1ccccc1. The number of nitrogens with zero attached hydrogens (tertiary/aromatic N) is 1. The molecule has 0 bridgehead atoms. The number of rotatable bonds is 5. The van der Waals surface area contributed by atoms with E-state index >= 15 is 0 Å². The molecule has 0 radical (unpaired) electrons. The van der Waals surface area contributed by atoms with Crippen LogP contribution in [0.1, 0.15) is 18.5 Å². The molecule has 5 nitrogen and oxygen atoms in total. The average Bonchev–Trinajstić information content (AvgIpc) is 2.49. The lowest BCUT2D eigenvalue weighted by atomic mass is 10.1. The maximum Gasteiger partial charge on any atom is 0.239 e. The Morgan fingerprint density at radius 2 is 2.25 bits per heavy atom. The summed E-state index contributed by atoms with van der Waals surface area (Å²) in [5.74, 6) is 0.0208. The Kier molecular flexibility index (Phi) is 5.52. The fourth-order valence-electron chi connectivity index (χ4n) is 2.45. The van der Waals surface area contributed by atoms with Gasteiger partial charge in [-0.15, -0.1) is 0 Å². The van der Waals surface area contributed by atoms with Gasteiger partial charge < -0.3 is 15.8 Å². The van der Waals surface area contributed by atoms with Crippen molar-refractivity contribution in [3.05, 3.63) is 35.9 Å². The van der Waals surface area contributed by atoms with Crippen molar-refractivity contribution in [2.45, 2.75) is 19.0 Å². The van der Waals surface area contributed by atoms with Gasteiger partial charge in [0.25, 0.3) is 0 Å². The highest BCUT2D eigenvalue weighted by Gasteiger charge is 2.30. The van der Waals surface area contributed by atoms with E-state index in [0.29, 0.717) is 26.3 Å². The largest absolute Gasteiger partial charge is 0.378 e. The van der Waals surface area contributed by atoms with Crippen LogP contribution in [0.15, 0.2) is 30.3 Å². The van der Waals surface area contributed by atoms with Crippen molar-refractivity contribution in [2.75, 3.05) is 32.8 Å². The Morgan fingerprint density at radius 3 is 2.95 bits per heavy atom. The first kappa shape index (κ1) is 15.0. The van der Waals surface area contributed by atoms with Crippen LogP contribution in [0.2, 0.25) is 0 Å². The van der Waals surface area contributed by atoms with Crippen molar-refractivity contribution in [1.82, 2.24) is 10.2 Å². The van der Waals surface area contributed by atoms with Gasteiger partial charge in [-0.1, -0.05) is 30.3 Å². The molecule has 1 aliphatic heterocycles.